The minimum absolute atomic E-state index is 0.0155. The van der Waals surface area contributed by atoms with Crippen molar-refractivity contribution >= 4 is 23.1 Å². The molecule has 2 N–H and O–H groups in total. The van der Waals surface area contributed by atoms with E-state index in [2.05, 4.69) is 0 Å². The van der Waals surface area contributed by atoms with Crippen molar-refractivity contribution in [2.24, 2.45) is 5.73 Å². The minimum Gasteiger partial charge on any atom is -0.393 e. The summed E-state index contributed by atoms with van der Waals surface area (Å²) in [6.07, 6.45) is 2.74. The Morgan fingerprint density at radius 2 is 2.14 bits per heavy atom. The maximum Gasteiger partial charge on any atom is 0.253 e. The standard InChI is InChI=1S/C16H22N2O2S/c1-12-4-6-13(7-5-12)16(19)18(9-8-15(17)21)11-14-3-2-10-20-14/h4-7,14H,2-3,8-11H2,1H3,(H2,17,21). The van der Waals surface area contributed by atoms with Crippen molar-refractivity contribution in [2.75, 3.05) is 19.7 Å². The van der Waals surface area contributed by atoms with Crippen molar-refractivity contribution in [3.8, 4) is 0 Å². The van der Waals surface area contributed by atoms with Gasteiger partial charge in [-0.1, -0.05) is 29.9 Å². The van der Waals surface area contributed by atoms with Crippen LogP contribution in [-0.4, -0.2) is 41.6 Å². The van der Waals surface area contributed by atoms with Gasteiger partial charge in [-0.15, -0.1) is 0 Å². The Kier molecular flexibility index (Phi) is 5.70. The molecule has 1 atom stereocenters. The third-order valence-corrected chi connectivity index (χ3v) is 3.87. The van der Waals surface area contributed by atoms with Gasteiger partial charge in [-0.2, -0.15) is 0 Å². The van der Waals surface area contributed by atoms with Gasteiger partial charge in [0.15, 0.2) is 0 Å². The normalized spacial score (nSPS) is 17.7. The molecule has 0 saturated carbocycles. The number of carbonyl (C=O) groups excluding carboxylic acids is 1. The van der Waals surface area contributed by atoms with Gasteiger partial charge in [-0.05, 0) is 31.9 Å². The number of rotatable bonds is 6. The Labute approximate surface area is 131 Å². The molecule has 1 aliphatic heterocycles. The van der Waals surface area contributed by atoms with E-state index in [4.69, 9.17) is 22.7 Å². The van der Waals surface area contributed by atoms with Crippen LogP contribution < -0.4 is 5.73 Å². The molecule has 1 heterocycles. The lowest BCUT2D eigenvalue weighted by atomic mass is 10.1. The van der Waals surface area contributed by atoms with E-state index in [0.29, 0.717) is 30.1 Å². The zero-order valence-corrected chi connectivity index (χ0v) is 13.2. The highest BCUT2D eigenvalue weighted by Crippen LogP contribution is 2.16. The monoisotopic (exact) mass is 306 g/mol. The first kappa shape index (κ1) is 15.9. The van der Waals surface area contributed by atoms with Crippen LogP contribution in [0.15, 0.2) is 24.3 Å². The molecule has 1 saturated heterocycles. The Morgan fingerprint density at radius 3 is 2.71 bits per heavy atom. The van der Waals surface area contributed by atoms with Crippen LogP contribution in [-0.2, 0) is 4.74 Å². The van der Waals surface area contributed by atoms with Crippen LogP contribution in [0.2, 0.25) is 0 Å². The van der Waals surface area contributed by atoms with Crippen molar-refractivity contribution in [1.29, 1.82) is 0 Å². The number of aryl methyl sites for hydroxylation is 1. The molecule has 1 amide bonds. The number of carbonyl (C=O) groups is 1. The summed E-state index contributed by atoms with van der Waals surface area (Å²) in [7, 11) is 0. The Balaban J connectivity index is 2.06. The van der Waals surface area contributed by atoms with Gasteiger partial charge in [0.1, 0.15) is 0 Å². The van der Waals surface area contributed by atoms with Gasteiger partial charge < -0.3 is 15.4 Å². The second-order valence-corrected chi connectivity index (χ2v) is 5.99. The van der Waals surface area contributed by atoms with E-state index in [9.17, 15) is 4.79 Å². The van der Waals surface area contributed by atoms with Crippen LogP contribution in [0, 0.1) is 6.92 Å². The lowest BCUT2D eigenvalue weighted by Gasteiger charge is -2.25. The lowest BCUT2D eigenvalue weighted by molar-refractivity contribution is 0.0533. The average molecular weight is 306 g/mol. The quantitative estimate of drug-likeness (QED) is 0.819. The van der Waals surface area contributed by atoms with Crippen molar-refractivity contribution < 1.29 is 9.53 Å². The summed E-state index contributed by atoms with van der Waals surface area (Å²) in [4.78, 5) is 14.9. The molecule has 0 aliphatic carbocycles. The molecule has 0 radical (unpaired) electrons. The fourth-order valence-electron chi connectivity index (χ4n) is 2.43. The van der Waals surface area contributed by atoms with E-state index in [1.165, 1.54) is 0 Å². The smallest absolute Gasteiger partial charge is 0.253 e. The number of thiocarbonyl (C=S) groups is 1. The molecule has 1 unspecified atom stereocenters. The lowest BCUT2D eigenvalue weighted by Crippen LogP contribution is -2.39. The predicted molar refractivity (Wildman–Crippen MR) is 87.5 cm³/mol. The fraction of sp³-hybridized carbons (Fsp3) is 0.500. The summed E-state index contributed by atoms with van der Waals surface area (Å²) in [5, 5.41) is 0. The Bertz CT molecular complexity index is 496. The van der Waals surface area contributed by atoms with E-state index < -0.39 is 0 Å². The van der Waals surface area contributed by atoms with Crippen LogP contribution in [0.3, 0.4) is 0 Å². The zero-order chi connectivity index (χ0) is 15.2. The summed E-state index contributed by atoms with van der Waals surface area (Å²) in [5.41, 5.74) is 7.40. The molecule has 4 nitrogen and oxygen atoms in total. The summed E-state index contributed by atoms with van der Waals surface area (Å²) in [6.45, 7) is 3.94. The summed E-state index contributed by atoms with van der Waals surface area (Å²) < 4.78 is 5.64. The van der Waals surface area contributed by atoms with Crippen LogP contribution >= 0.6 is 12.2 Å². The number of ether oxygens (including phenoxy) is 1. The van der Waals surface area contributed by atoms with Crippen LogP contribution in [0.1, 0.15) is 35.2 Å². The topological polar surface area (TPSA) is 55.6 Å². The third-order valence-electron chi connectivity index (χ3n) is 3.66. The molecule has 1 aromatic carbocycles. The van der Waals surface area contributed by atoms with Gasteiger partial charge in [0.25, 0.3) is 5.91 Å². The van der Waals surface area contributed by atoms with Gasteiger partial charge in [0.05, 0.1) is 11.1 Å². The third kappa shape index (κ3) is 4.79. The first-order chi connectivity index (χ1) is 10.1. The molecule has 21 heavy (non-hydrogen) atoms. The van der Waals surface area contributed by atoms with Crippen LogP contribution in [0.25, 0.3) is 0 Å². The number of benzene rings is 1. The first-order valence-corrected chi connectivity index (χ1v) is 7.73. The maximum atomic E-state index is 12.6. The fourth-order valence-corrected chi connectivity index (χ4v) is 2.53. The molecular formula is C16H22N2O2S. The first-order valence-electron chi connectivity index (χ1n) is 7.32. The van der Waals surface area contributed by atoms with Gasteiger partial charge in [0, 0.05) is 31.7 Å². The summed E-state index contributed by atoms with van der Waals surface area (Å²) >= 11 is 4.93. The summed E-state index contributed by atoms with van der Waals surface area (Å²) in [6, 6.07) is 7.62. The highest BCUT2D eigenvalue weighted by Gasteiger charge is 2.23. The van der Waals surface area contributed by atoms with E-state index in [1.807, 2.05) is 31.2 Å². The molecule has 1 fully saturated rings. The van der Waals surface area contributed by atoms with Gasteiger partial charge >= 0.3 is 0 Å². The van der Waals surface area contributed by atoms with Crippen LogP contribution in [0.5, 0.6) is 0 Å². The maximum absolute atomic E-state index is 12.6. The minimum atomic E-state index is 0.0155. The number of nitrogens with zero attached hydrogens (tertiary/aromatic N) is 1. The highest BCUT2D eigenvalue weighted by molar-refractivity contribution is 7.80. The Morgan fingerprint density at radius 1 is 1.43 bits per heavy atom. The van der Waals surface area contributed by atoms with Crippen molar-refractivity contribution in [3.05, 3.63) is 35.4 Å². The summed E-state index contributed by atoms with van der Waals surface area (Å²) in [5.74, 6) is 0.0155. The van der Waals surface area contributed by atoms with Crippen molar-refractivity contribution in [2.45, 2.75) is 32.3 Å². The number of hydrogen-bond acceptors (Lipinski definition) is 3. The molecule has 5 heteroatoms. The molecule has 0 aromatic heterocycles. The largest absolute Gasteiger partial charge is 0.393 e. The molecule has 1 aliphatic rings. The number of hydrogen-bond donors (Lipinski definition) is 1. The molecule has 0 bridgehead atoms. The molecular weight excluding hydrogens is 284 g/mol. The van der Waals surface area contributed by atoms with Crippen LogP contribution in [0.4, 0.5) is 0 Å². The van der Waals surface area contributed by atoms with Gasteiger partial charge in [0.2, 0.25) is 0 Å². The van der Waals surface area contributed by atoms with Gasteiger partial charge in [-0.25, -0.2) is 0 Å². The second kappa shape index (κ2) is 7.52. The van der Waals surface area contributed by atoms with E-state index in [1.54, 1.807) is 4.90 Å². The van der Waals surface area contributed by atoms with E-state index in [-0.39, 0.29) is 12.0 Å². The van der Waals surface area contributed by atoms with Gasteiger partial charge in [-0.3, -0.25) is 4.79 Å². The number of amides is 1. The van der Waals surface area contributed by atoms with E-state index in [0.717, 1.165) is 25.0 Å². The highest BCUT2D eigenvalue weighted by atomic mass is 32.1. The molecule has 1 aromatic rings. The van der Waals surface area contributed by atoms with E-state index >= 15 is 0 Å². The number of nitrogens with two attached hydrogens (primary N) is 1. The van der Waals surface area contributed by atoms with Crippen molar-refractivity contribution in [3.63, 3.8) is 0 Å². The second-order valence-electron chi connectivity index (χ2n) is 5.47. The molecule has 114 valence electrons. The SMILES string of the molecule is Cc1ccc(C(=O)N(CCC(N)=S)CC2CCCO2)cc1. The predicted octanol–water partition coefficient (Wildman–Crippen LogP) is 2.29. The molecule has 2 rings (SSSR count). The Hall–Kier alpha value is -1.46. The average Bonchev–Trinajstić information content (AvgIpc) is 2.96. The van der Waals surface area contributed by atoms with Crippen molar-refractivity contribution in [1.82, 2.24) is 4.90 Å². The zero-order valence-electron chi connectivity index (χ0n) is 12.4. The molecule has 0 spiro atoms.